The molecule has 0 N–H and O–H groups in total. The predicted octanol–water partition coefficient (Wildman–Crippen LogP) is 1.14. The molecule has 34 valence electrons. The molecule has 0 spiro atoms. The van der Waals surface area contributed by atoms with Crippen molar-refractivity contribution in [2.75, 3.05) is 6.61 Å². The summed E-state index contributed by atoms with van der Waals surface area (Å²) in [5.74, 6) is 0. The lowest BCUT2D eigenvalue weighted by Crippen LogP contribution is -1.67. The van der Waals surface area contributed by atoms with Gasteiger partial charge in [0.25, 0.3) is 0 Å². The van der Waals surface area contributed by atoms with Gasteiger partial charge in [-0.15, -0.1) is 0 Å². The molecule has 6 heavy (non-hydrogen) atoms. The summed E-state index contributed by atoms with van der Waals surface area (Å²) in [6.45, 7) is 0.850. The van der Waals surface area contributed by atoms with Crippen molar-refractivity contribution >= 4 is 11.6 Å². The summed E-state index contributed by atoms with van der Waals surface area (Å²) in [6.07, 6.45) is 2.16. The summed E-state index contributed by atoms with van der Waals surface area (Å²) in [6, 6.07) is 0. The van der Waals surface area contributed by atoms with Gasteiger partial charge in [-0.3, -0.25) is 0 Å². The Hall–Kier alpha value is -0.0100. The molecule has 0 aromatic heterocycles. The fourth-order valence-corrected chi connectivity index (χ4v) is 0.410. The average Bonchev–Trinajstić information content (AvgIpc) is 2.21. The second-order valence-electron chi connectivity index (χ2n) is 1.19. The van der Waals surface area contributed by atoms with Crippen LogP contribution in [0.5, 0.6) is 0 Å². The lowest BCUT2D eigenvalue weighted by atomic mass is 10.5. The Labute approximate surface area is 41.6 Å². The zero-order valence-electron chi connectivity index (χ0n) is 3.23. The molecular formula is C4H5ClO. The van der Waals surface area contributed by atoms with E-state index in [2.05, 4.69) is 0 Å². The molecule has 0 aliphatic carbocycles. The van der Waals surface area contributed by atoms with Crippen LogP contribution in [0, 0.1) is 0 Å². The highest BCUT2D eigenvalue weighted by molar-refractivity contribution is 6.25. The molecular weight excluding hydrogens is 99.5 g/mol. The molecule has 0 bridgehead atoms. The monoisotopic (exact) mass is 104 g/mol. The van der Waals surface area contributed by atoms with Crippen molar-refractivity contribution in [2.24, 2.45) is 0 Å². The number of rotatable bonds is 1. The molecule has 1 atom stereocenters. The molecule has 1 fully saturated rings. The van der Waals surface area contributed by atoms with E-state index >= 15 is 0 Å². The highest BCUT2D eigenvalue weighted by atomic mass is 35.5. The summed E-state index contributed by atoms with van der Waals surface area (Å²) in [5, 5.41) is 0. The second-order valence-corrected chi connectivity index (χ2v) is 1.44. The normalized spacial score (nSPS) is 31.8. The van der Waals surface area contributed by atoms with Crippen LogP contribution in [-0.2, 0) is 4.74 Å². The minimum atomic E-state index is 0.336. The first-order valence-corrected chi connectivity index (χ1v) is 2.25. The molecule has 0 amide bonds. The van der Waals surface area contributed by atoms with E-state index < -0.39 is 0 Å². The molecule has 0 radical (unpaired) electrons. The Bertz CT molecular complexity index is 65.9. The SMILES string of the molecule is ClC=CC1CO1. The third-order valence-corrected chi connectivity index (χ3v) is 0.792. The van der Waals surface area contributed by atoms with Crippen LogP contribution in [0.25, 0.3) is 0 Å². The van der Waals surface area contributed by atoms with Crippen LogP contribution < -0.4 is 0 Å². The number of epoxide rings is 1. The van der Waals surface area contributed by atoms with Crippen molar-refractivity contribution < 1.29 is 4.74 Å². The van der Waals surface area contributed by atoms with Gasteiger partial charge in [-0.05, 0) is 6.08 Å². The summed E-state index contributed by atoms with van der Waals surface area (Å²) in [7, 11) is 0. The van der Waals surface area contributed by atoms with Gasteiger partial charge in [0.2, 0.25) is 0 Å². The van der Waals surface area contributed by atoms with E-state index in [-0.39, 0.29) is 0 Å². The third kappa shape index (κ3) is 0.994. The highest BCUT2D eigenvalue weighted by Gasteiger charge is 2.17. The van der Waals surface area contributed by atoms with Gasteiger partial charge in [-0.2, -0.15) is 0 Å². The van der Waals surface area contributed by atoms with Crippen molar-refractivity contribution in [2.45, 2.75) is 6.10 Å². The van der Waals surface area contributed by atoms with Gasteiger partial charge in [-0.1, -0.05) is 11.6 Å². The number of hydrogen-bond acceptors (Lipinski definition) is 1. The molecule has 1 unspecified atom stereocenters. The van der Waals surface area contributed by atoms with Crippen molar-refractivity contribution in [3.63, 3.8) is 0 Å². The Balaban J connectivity index is 2.15. The highest BCUT2D eigenvalue weighted by Crippen LogP contribution is 2.09. The molecule has 1 rings (SSSR count). The van der Waals surface area contributed by atoms with E-state index in [4.69, 9.17) is 16.3 Å². The van der Waals surface area contributed by atoms with Crippen LogP contribution in [-0.4, -0.2) is 12.7 Å². The maximum Gasteiger partial charge on any atom is 0.100 e. The largest absolute Gasteiger partial charge is 0.369 e. The van der Waals surface area contributed by atoms with Crippen molar-refractivity contribution in [1.82, 2.24) is 0 Å². The first kappa shape index (κ1) is 4.16. The van der Waals surface area contributed by atoms with E-state index in [0.717, 1.165) is 6.61 Å². The predicted molar refractivity (Wildman–Crippen MR) is 24.7 cm³/mol. The summed E-state index contributed by atoms with van der Waals surface area (Å²) in [5.41, 5.74) is 1.48. The number of ether oxygens (including phenoxy) is 1. The minimum Gasteiger partial charge on any atom is -0.369 e. The summed E-state index contributed by atoms with van der Waals surface area (Å²) >= 11 is 5.18. The van der Waals surface area contributed by atoms with Crippen molar-refractivity contribution in [1.29, 1.82) is 0 Å². The zero-order valence-corrected chi connectivity index (χ0v) is 3.98. The Morgan fingerprint density at radius 1 is 1.83 bits per heavy atom. The maximum atomic E-state index is 5.18. The van der Waals surface area contributed by atoms with E-state index in [1.54, 1.807) is 0 Å². The first-order chi connectivity index (χ1) is 2.93. The zero-order chi connectivity index (χ0) is 4.41. The fraction of sp³-hybridized carbons (Fsp3) is 0.500. The van der Waals surface area contributed by atoms with Gasteiger partial charge in [0.15, 0.2) is 0 Å². The van der Waals surface area contributed by atoms with Crippen molar-refractivity contribution in [3.05, 3.63) is 11.6 Å². The molecule has 1 aliphatic rings. The summed E-state index contributed by atoms with van der Waals surface area (Å²) < 4.78 is 4.78. The first-order valence-electron chi connectivity index (χ1n) is 1.82. The third-order valence-electron chi connectivity index (χ3n) is 0.647. The van der Waals surface area contributed by atoms with Crippen LogP contribution >= 0.6 is 11.6 Å². The van der Waals surface area contributed by atoms with Crippen LogP contribution in [0.3, 0.4) is 0 Å². The molecule has 1 saturated heterocycles. The molecule has 1 nitrogen and oxygen atoms in total. The van der Waals surface area contributed by atoms with Crippen LogP contribution in [0.2, 0.25) is 0 Å². The molecule has 2 heteroatoms. The van der Waals surface area contributed by atoms with Gasteiger partial charge in [0.05, 0.1) is 6.61 Å². The van der Waals surface area contributed by atoms with E-state index in [9.17, 15) is 0 Å². The van der Waals surface area contributed by atoms with Gasteiger partial charge in [0, 0.05) is 5.54 Å². The Morgan fingerprint density at radius 3 is 2.67 bits per heavy atom. The molecule has 0 aromatic carbocycles. The molecule has 1 heterocycles. The molecule has 0 aromatic rings. The Morgan fingerprint density at radius 2 is 2.50 bits per heavy atom. The fourth-order valence-electron chi connectivity index (χ4n) is 0.248. The van der Waals surface area contributed by atoms with Crippen LogP contribution in [0.15, 0.2) is 11.6 Å². The second kappa shape index (κ2) is 1.63. The lowest BCUT2D eigenvalue weighted by molar-refractivity contribution is 0.440. The van der Waals surface area contributed by atoms with E-state index in [0.29, 0.717) is 6.10 Å². The number of hydrogen-bond donors (Lipinski definition) is 0. The quantitative estimate of drug-likeness (QED) is 0.455. The minimum absolute atomic E-state index is 0.336. The topological polar surface area (TPSA) is 12.5 Å². The average molecular weight is 105 g/mol. The van der Waals surface area contributed by atoms with Gasteiger partial charge < -0.3 is 4.74 Å². The van der Waals surface area contributed by atoms with Crippen LogP contribution in [0.1, 0.15) is 0 Å². The van der Waals surface area contributed by atoms with Gasteiger partial charge in [0.1, 0.15) is 6.10 Å². The standard InChI is InChI=1S/C4H5ClO/c5-2-1-4-3-6-4/h1-2,4H,3H2. The van der Waals surface area contributed by atoms with E-state index in [1.807, 2.05) is 6.08 Å². The van der Waals surface area contributed by atoms with E-state index in [1.165, 1.54) is 5.54 Å². The summed E-state index contributed by atoms with van der Waals surface area (Å²) in [4.78, 5) is 0. The maximum absolute atomic E-state index is 5.18. The molecule has 0 saturated carbocycles. The number of halogens is 1. The molecule has 1 aliphatic heterocycles. The Kier molecular flexibility index (Phi) is 1.13. The lowest BCUT2D eigenvalue weighted by Gasteiger charge is -1.64. The smallest absolute Gasteiger partial charge is 0.100 e. The van der Waals surface area contributed by atoms with Gasteiger partial charge >= 0.3 is 0 Å². The van der Waals surface area contributed by atoms with Crippen molar-refractivity contribution in [3.8, 4) is 0 Å². The van der Waals surface area contributed by atoms with Gasteiger partial charge in [-0.25, -0.2) is 0 Å². The van der Waals surface area contributed by atoms with Crippen LogP contribution in [0.4, 0.5) is 0 Å².